The van der Waals surface area contributed by atoms with E-state index in [-0.39, 0.29) is 82.2 Å². The van der Waals surface area contributed by atoms with E-state index in [0.717, 1.165) is 6.42 Å². The number of anilines is 1. The fourth-order valence-electron chi connectivity index (χ4n) is 7.04. The summed E-state index contributed by atoms with van der Waals surface area (Å²) in [5.41, 5.74) is 1.25. The first-order chi connectivity index (χ1) is 34.1. The van der Waals surface area contributed by atoms with Crippen LogP contribution in [0.3, 0.4) is 0 Å². The van der Waals surface area contributed by atoms with Crippen LogP contribution in [0.5, 0.6) is 0 Å². The van der Waals surface area contributed by atoms with E-state index < -0.39 is 29.9 Å². The molecule has 0 saturated heterocycles. The van der Waals surface area contributed by atoms with Gasteiger partial charge in [-0.2, -0.15) is 0 Å². The second-order valence-corrected chi connectivity index (χ2v) is 19.2. The van der Waals surface area contributed by atoms with Gasteiger partial charge in [0, 0.05) is 112 Å². The summed E-state index contributed by atoms with van der Waals surface area (Å²) in [6, 6.07) is 8.39. The number of hydroxylamine groups is 6. The van der Waals surface area contributed by atoms with Crippen molar-refractivity contribution in [3.8, 4) is 0 Å². The quantitative estimate of drug-likeness (QED) is 0.0140. The van der Waals surface area contributed by atoms with E-state index in [1.807, 2.05) is 6.92 Å². The number of hydrogen-bond donors (Lipinski definition) is 7. The highest BCUT2D eigenvalue weighted by Gasteiger charge is 2.33. The van der Waals surface area contributed by atoms with Gasteiger partial charge in [-0.1, -0.05) is 47.1 Å². The molecule has 22 nitrogen and oxygen atoms in total. The van der Waals surface area contributed by atoms with E-state index >= 15 is 0 Å². The van der Waals surface area contributed by atoms with E-state index in [4.69, 9.17) is 9.47 Å². The molecule has 0 atom stereocenters. The smallest absolute Gasteiger partial charge is 0.411 e. The maximum atomic E-state index is 13.1. The van der Waals surface area contributed by atoms with Gasteiger partial charge < -0.3 is 25.4 Å². The molecule has 0 aliphatic carbocycles. The Bertz CT molecular complexity index is 2080. The second kappa shape index (κ2) is 33.8. The summed E-state index contributed by atoms with van der Waals surface area (Å²) in [7, 11) is 2.89. The van der Waals surface area contributed by atoms with E-state index in [1.54, 1.807) is 30.3 Å². The van der Waals surface area contributed by atoms with Gasteiger partial charge in [0.05, 0.1) is 5.69 Å². The van der Waals surface area contributed by atoms with Gasteiger partial charge in [-0.3, -0.25) is 59.4 Å². The minimum absolute atomic E-state index is 0.0696. The highest BCUT2D eigenvalue weighted by Crippen LogP contribution is 2.34. The van der Waals surface area contributed by atoms with Crippen molar-refractivity contribution in [2.75, 3.05) is 75.8 Å². The SMILES string of the molecule is CCCCN1C(=O)c2cccc3c(NC(=O)OCCSSCCOC(=O)NCCCCCN(O)C(=O)CCC(=O)NCCCCCN(O)C(=O)CCC(=O)NCCCCCN(O)C(C)=O)ccc(c23)C1=O. The minimum atomic E-state index is -0.674. The van der Waals surface area contributed by atoms with Crippen LogP contribution in [0.2, 0.25) is 0 Å². The Morgan fingerprint density at radius 1 is 0.592 bits per heavy atom. The molecule has 0 fully saturated rings. The number of alkyl carbamates (subject to hydrolysis) is 1. The number of nitrogens with zero attached hydrogens (tertiary/aromatic N) is 4. The maximum absolute atomic E-state index is 13.1. The number of hydrogen-bond acceptors (Lipinski definition) is 16. The molecule has 71 heavy (non-hydrogen) atoms. The predicted molar refractivity (Wildman–Crippen MR) is 266 cm³/mol. The van der Waals surface area contributed by atoms with Crippen LogP contribution in [-0.4, -0.2) is 160 Å². The average molecular weight is 1040 g/mol. The minimum Gasteiger partial charge on any atom is -0.449 e. The molecule has 7 N–H and O–H groups in total. The van der Waals surface area contributed by atoms with Crippen molar-refractivity contribution in [3.05, 3.63) is 41.5 Å². The number of amides is 9. The van der Waals surface area contributed by atoms with Gasteiger partial charge in [-0.15, -0.1) is 0 Å². The first-order valence-corrected chi connectivity index (χ1v) is 26.6. The summed E-state index contributed by atoms with van der Waals surface area (Å²) < 4.78 is 10.5. The van der Waals surface area contributed by atoms with Gasteiger partial charge in [0.2, 0.25) is 29.5 Å². The first-order valence-electron chi connectivity index (χ1n) is 24.1. The zero-order valence-electron chi connectivity index (χ0n) is 40.7. The molecule has 3 rings (SSSR count). The summed E-state index contributed by atoms with van der Waals surface area (Å²) in [5, 5.41) is 43.0. The standard InChI is InChI=1S/C47H70N8O14S2/c1-3-4-26-52-44(61)36-16-14-15-35-38(18-17-37(43(35)36)45(52)62)51-47(64)69-31-33-71-70-32-30-68-46(63)50-25-10-7-13-29-55(67)42(60)22-20-40(58)49-24-9-6-12-28-54(66)41(59)21-19-39(57)48-23-8-5-11-27-53(65)34(2)56/h14-18,65-67H,3-13,19-33H2,1-2H3,(H,48,57)(H,49,58)(H,50,63)(H,51,64). The van der Waals surface area contributed by atoms with Gasteiger partial charge in [0.15, 0.2) is 0 Å². The van der Waals surface area contributed by atoms with Gasteiger partial charge in [-0.25, -0.2) is 24.8 Å². The molecule has 1 aliphatic heterocycles. The third-order valence-electron chi connectivity index (χ3n) is 11.0. The molecular formula is C47H70N8O14S2. The summed E-state index contributed by atoms with van der Waals surface area (Å²) >= 11 is 0. The third-order valence-corrected chi connectivity index (χ3v) is 13.3. The molecule has 394 valence electrons. The molecule has 9 amide bonds. The summed E-state index contributed by atoms with van der Waals surface area (Å²) in [6.07, 6.45) is 5.05. The van der Waals surface area contributed by atoms with Gasteiger partial charge >= 0.3 is 12.2 Å². The maximum Gasteiger partial charge on any atom is 0.411 e. The molecule has 0 unspecified atom stereocenters. The fourth-order valence-corrected chi connectivity index (χ4v) is 8.70. The molecule has 0 saturated carbocycles. The van der Waals surface area contributed by atoms with Gasteiger partial charge in [-0.05, 0) is 82.4 Å². The number of carbonyl (C=O) groups excluding carboxylic acids is 9. The number of unbranched alkanes of at least 4 members (excludes halogenated alkanes) is 7. The van der Waals surface area contributed by atoms with Gasteiger partial charge in [0.1, 0.15) is 13.2 Å². The van der Waals surface area contributed by atoms with Crippen LogP contribution in [-0.2, 0) is 33.4 Å². The molecule has 0 radical (unpaired) electrons. The highest BCUT2D eigenvalue weighted by atomic mass is 33.1. The van der Waals surface area contributed by atoms with E-state index in [1.165, 1.54) is 33.4 Å². The molecule has 2 aromatic carbocycles. The van der Waals surface area contributed by atoms with E-state index in [2.05, 4.69) is 21.3 Å². The normalized spacial score (nSPS) is 11.8. The van der Waals surface area contributed by atoms with Crippen molar-refractivity contribution < 1.29 is 68.2 Å². The van der Waals surface area contributed by atoms with Crippen LogP contribution in [0.1, 0.15) is 131 Å². The molecular weight excluding hydrogens is 965 g/mol. The van der Waals surface area contributed by atoms with Gasteiger partial charge in [0.25, 0.3) is 11.8 Å². The summed E-state index contributed by atoms with van der Waals surface area (Å²) in [4.78, 5) is 112. The highest BCUT2D eigenvalue weighted by molar-refractivity contribution is 8.76. The lowest BCUT2D eigenvalue weighted by Crippen LogP contribution is -2.40. The van der Waals surface area contributed by atoms with Crippen LogP contribution in [0, 0.1) is 0 Å². The Kier molecular flexibility index (Phi) is 28.4. The molecule has 0 aromatic heterocycles. The molecule has 2 aromatic rings. The second-order valence-electron chi connectivity index (χ2n) is 16.5. The van der Waals surface area contributed by atoms with Crippen molar-refractivity contribution in [2.45, 2.75) is 110 Å². The summed E-state index contributed by atoms with van der Waals surface area (Å²) in [5.74, 6) is -1.99. The Hall–Kier alpha value is -5.69. The Labute approximate surface area is 421 Å². The van der Waals surface area contributed by atoms with E-state index in [0.29, 0.717) is 145 Å². The number of carbonyl (C=O) groups is 9. The molecule has 0 bridgehead atoms. The predicted octanol–water partition coefficient (Wildman–Crippen LogP) is 5.87. The Balaban J connectivity index is 1.10. The first kappa shape index (κ1) is 59.6. The number of imide groups is 1. The monoisotopic (exact) mass is 1030 g/mol. The lowest BCUT2D eigenvalue weighted by molar-refractivity contribution is -0.166. The molecule has 24 heteroatoms. The fraction of sp³-hybridized carbons (Fsp3) is 0.596. The number of benzene rings is 2. The van der Waals surface area contributed by atoms with Crippen molar-refractivity contribution in [3.63, 3.8) is 0 Å². The average Bonchev–Trinajstić information content (AvgIpc) is 3.35. The Morgan fingerprint density at radius 2 is 1.08 bits per heavy atom. The van der Waals surface area contributed by atoms with Crippen LogP contribution in [0.15, 0.2) is 30.3 Å². The van der Waals surface area contributed by atoms with Crippen LogP contribution in [0.4, 0.5) is 15.3 Å². The Morgan fingerprint density at radius 3 is 1.61 bits per heavy atom. The molecule has 1 heterocycles. The lowest BCUT2D eigenvalue weighted by Gasteiger charge is -2.27. The zero-order chi connectivity index (χ0) is 52.0. The number of nitrogens with one attached hydrogen (secondary N) is 4. The third kappa shape index (κ3) is 22.5. The lowest BCUT2D eigenvalue weighted by atomic mass is 9.93. The van der Waals surface area contributed by atoms with E-state index in [9.17, 15) is 58.8 Å². The van der Waals surface area contributed by atoms with Crippen molar-refractivity contribution in [1.82, 2.24) is 36.0 Å². The van der Waals surface area contributed by atoms with Crippen LogP contribution < -0.4 is 21.3 Å². The van der Waals surface area contributed by atoms with Crippen molar-refractivity contribution >= 4 is 91.6 Å². The van der Waals surface area contributed by atoms with Crippen LogP contribution in [0.25, 0.3) is 10.8 Å². The van der Waals surface area contributed by atoms with Crippen LogP contribution >= 0.6 is 21.6 Å². The zero-order valence-corrected chi connectivity index (χ0v) is 42.3. The topological polar surface area (TPSA) is 294 Å². The van der Waals surface area contributed by atoms with Crippen molar-refractivity contribution in [2.24, 2.45) is 0 Å². The number of ether oxygens (including phenoxy) is 2. The van der Waals surface area contributed by atoms with Crippen molar-refractivity contribution in [1.29, 1.82) is 0 Å². The number of rotatable bonds is 35. The largest absolute Gasteiger partial charge is 0.449 e. The molecule has 0 spiro atoms. The molecule has 1 aliphatic rings. The summed E-state index contributed by atoms with van der Waals surface area (Å²) in [6.45, 7) is 5.30.